The van der Waals surface area contributed by atoms with Gasteiger partial charge in [0.05, 0.1) is 12.5 Å². The van der Waals surface area contributed by atoms with Gasteiger partial charge in [0.2, 0.25) is 11.8 Å². The first-order valence-corrected chi connectivity index (χ1v) is 7.01. The average molecular weight is 319 g/mol. The molecule has 0 spiro atoms. The van der Waals surface area contributed by atoms with Crippen LogP contribution in [0.5, 0.6) is 5.88 Å². The summed E-state index contributed by atoms with van der Waals surface area (Å²) in [5.74, 6) is 0.0886. The summed E-state index contributed by atoms with van der Waals surface area (Å²) in [7, 11) is 1.61. The van der Waals surface area contributed by atoms with E-state index in [9.17, 15) is 4.79 Å². The molecule has 1 amide bonds. The number of nitrogens with one attached hydrogen (secondary N) is 1. The molecule has 1 N–H and O–H groups in total. The lowest BCUT2D eigenvalue weighted by Gasteiger charge is -2.07. The van der Waals surface area contributed by atoms with Crippen molar-refractivity contribution in [1.29, 1.82) is 0 Å². The first kappa shape index (κ1) is 15.4. The fraction of sp³-hybridized carbons (Fsp3) is 0.538. The number of carbonyl (C=O) groups excluding carboxylic acids is 1. The van der Waals surface area contributed by atoms with Crippen LogP contribution in [0.2, 0.25) is 0 Å². The summed E-state index contributed by atoms with van der Waals surface area (Å²) in [5.41, 5.74) is 0.882. The van der Waals surface area contributed by atoms with Gasteiger partial charge in [-0.25, -0.2) is 4.98 Å². The van der Waals surface area contributed by atoms with Crippen molar-refractivity contribution in [3.63, 3.8) is 0 Å². The molecule has 1 saturated carbocycles. The topological polar surface area (TPSA) is 60.5 Å². The van der Waals surface area contributed by atoms with Crippen LogP contribution in [0.1, 0.15) is 12.0 Å². The molecule has 0 radical (unpaired) electrons. The number of hydrogen-bond donors (Lipinski definition) is 1. The predicted molar refractivity (Wildman–Crippen MR) is 76.0 cm³/mol. The SMILES string of the molecule is COCCOc1ccc(CNC(=O)C2CC2(Cl)Cl)cn1. The van der Waals surface area contributed by atoms with Gasteiger partial charge in [0.1, 0.15) is 10.9 Å². The van der Waals surface area contributed by atoms with E-state index in [0.717, 1.165) is 5.56 Å². The Morgan fingerprint density at radius 3 is 2.80 bits per heavy atom. The van der Waals surface area contributed by atoms with Crippen LogP contribution >= 0.6 is 23.2 Å². The molecule has 110 valence electrons. The number of ether oxygens (including phenoxy) is 2. The first-order valence-electron chi connectivity index (χ1n) is 6.25. The quantitative estimate of drug-likeness (QED) is 0.616. The maximum atomic E-state index is 11.7. The van der Waals surface area contributed by atoms with Crippen LogP contribution in [0.25, 0.3) is 0 Å². The fourth-order valence-corrected chi connectivity index (χ4v) is 2.15. The van der Waals surface area contributed by atoms with Crippen molar-refractivity contribution in [2.75, 3.05) is 20.3 Å². The molecule has 0 saturated heterocycles. The van der Waals surface area contributed by atoms with Crippen LogP contribution in [-0.4, -0.2) is 35.5 Å². The Morgan fingerprint density at radius 1 is 1.50 bits per heavy atom. The van der Waals surface area contributed by atoms with Crippen LogP contribution < -0.4 is 10.1 Å². The minimum atomic E-state index is -0.888. The Bertz CT molecular complexity index is 465. The zero-order chi connectivity index (χ0) is 14.6. The molecule has 0 aliphatic heterocycles. The smallest absolute Gasteiger partial charge is 0.226 e. The van der Waals surface area contributed by atoms with Gasteiger partial charge < -0.3 is 14.8 Å². The highest BCUT2D eigenvalue weighted by Gasteiger charge is 2.56. The Labute approximate surface area is 127 Å². The molecule has 1 heterocycles. The number of amides is 1. The van der Waals surface area contributed by atoms with Crippen molar-refractivity contribution in [3.8, 4) is 5.88 Å². The van der Waals surface area contributed by atoms with Crippen molar-refractivity contribution in [1.82, 2.24) is 10.3 Å². The van der Waals surface area contributed by atoms with E-state index in [-0.39, 0.29) is 11.8 Å². The number of aromatic nitrogens is 1. The summed E-state index contributed by atoms with van der Waals surface area (Å²) in [6.07, 6.45) is 2.16. The lowest BCUT2D eigenvalue weighted by Crippen LogP contribution is -2.26. The molecule has 1 aromatic rings. The van der Waals surface area contributed by atoms with E-state index in [1.165, 1.54) is 0 Å². The average Bonchev–Trinajstić information content (AvgIpc) is 3.07. The maximum absolute atomic E-state index is 11.7. The molecule has 0 bridgehead atoms. The van der Waals surface area contributed by atoms with Gasteiger partial charge >= 0.3 is 0 Å². The summed E-state index contributed by atoms with van der Waals surface area (Å²) >= 11 is 11.7. The van der Waals surface area contributed by atoms with Crippen molar-refractivity contribution in [2.24, 2.45) is 5.92 Å². The normalized spacial score (nSPS) is 19.4. The summed E-state index contributed by atoms with van der Waals surface area (Å²) in [5, 5.41) is 2.78. The molecule has 1 fully saturated rings. The van der Waals surface area contributed by atoms with E-state index in [0.29, 0.717) is 32.1 Å². The highest BCUT2D eigenvalue weighted by Crippen LogP contribution is 2.53. The molecule has 7 heteroatoms. The van der Waals surface area contributed by atoms with E-state index in [1.54, 1.807) is 19.4 Å². The number of hydrogen-bond acceptors (Lipinski definition) is 4. The van der Waals surface area contributed by atoms with Gasteiger partial charge in [0, 0.05) is 25.9 Å². The van der Waals surface area contributed by atoms with Crippen LogP contribution in [0.15, 0.2) is 18.3 Å². The lowest BCUT2D eigenvalue weighted by molar-refractivity contribution is -0.122. The molecular formula is C13H16Cl2N2O3. The number of methoxy groups -OCH3 is 1. The van der Waals surface area contributed by atoms with Crippen LogP contribution in [0, 0.1) is 5.92 Å². The van der Waals surface area contributed by atoms with Gasteiger partial charge in [0.25, 0.3) is 0 Å². The van der Waals surface area contributed by atoms with Crippen molar-refractivity contribution in [3.05, 3.63) is 23.9 Å². The highest BCUT2D eigenvalue weighted by atomic mass is 35.5. The van der Waals surface area contributed by atoms with Gasteiger partial charge in [-0.2, -0.15) is 0 Å². The molecule has 1 aliphatic carbocycles. The van der Waals surface area contributed by atoms with Crippen molar-refractivity contribution < 1.29 is 14.3 Å². The number of alkyl halides is 2. The van der Waals surface area contributed by atoms with E-state index in [4.69, 9.17) is 32.7 Å². The summed E-state index contributed by atoms with van der Waals surface area (Å²) in [4.78, 5) is 15.8. The number of rotatable bonds is 7. The number of pyridine rings is 1. The second kappa shape index (κ2) is 6.61. The minimum Gasteiger partial charge on any atom is -0.475 e. The summed E-state index contributed by atoms with van der Waals surface area (Å²) in [6.45, 7) is 1.36. The molecule has 20 heavy (non-hydrogen) atoms. The van der Waals surface area contributed by atoms with Crippen molar-refractivity contribution in [2.45, 2.75) is 17.3 Å². The number of nitrogens with zero attached hydrogens (tertiary/aromatic N) is 1. The van der Waals surface area contributed by atoms with Gasteiger partial charge in [0.15, 0.2) is 0 Å². The molecule has 0 aromatic carbocycles. The summed E-state index contributed by atoms with van der Waals surface area (Å²) in [6, 6.07) is 3.60. The largest absolute Gasteiger partial charge is 0.475 e. The Balaban J connectivity index is 1.75. The second-order valence-corrected chi connectivity index (χ2v) is 6.12. The van der Waals surface area contributed by atoms with E-state index in [1.807, 2.05) is 6.07 Å². The molecule has 5 nitrogen and oxygen atoms in total. The van der Waals surface area contributed by atoms with Crippen LogP contribution in [0.4, 0.5) is 0 Å². The highest BCUT2D eigenvalue weighted by molar-refractivity contribution is 6.52. The van der Waals surface area contributed by atoms with E-state index < -0.39 is 4.33 Å². The zero-order valence-corrected chi connectivity index (χ0v) is 12.6. The molecule has 2 rings (SSSR count). The Morgan fingerprint density at radius 2 is 2.25 bits per heavy atom. The summed E-state index contributed by atoms with van der Waals surface area (Å²) < 4.78 is 9.33. The third kappa shape index (κ3) is 4.23. The van der Waals surface area contributed by atoms with Gasteiger partial charge in [-0.1, -0.05) is 6.07 Å². The third-order valence-electron chi connectivity index (χ3n) is 2.94. The van der Waals surface area contributed by atoms with E-state index in [2.05, 4.69) is 10.3 Å². The lowest BCUT2D eigenvalue weighted by atomic mass is 10.2. The Kier molecular flexibility index (Phi) is 5.07. The third-order valence-corrected chi connectivity index (χ3v) is 3.78. The monoisotopic (exact) mass is 318 g/mol. The van der Waals surface area contributed by atoms with Crippen molar-refractivity contribution >= 4 is 29.1 Å². The fourth-order valence-electron chi connectivity index (χ4n) is 1.64. The molecule has 1 aliphatic rings. The maximum Gasteiger partial charge on any atom is 0.226 e. The standard InChI is InChI=1S/C13H16Cl2N2O3/c1-19-4-5-20-11-3-2-9(7-16-11)8-17-12(18)10-6-13(10,14)15/h2-3,7,10H,4-6,8H2,1H3,(H,17,18). The van der Waals surface area contributed by atoms with Gasteiger partial charge in [-0.3, -0.25) is 4.79 Å². The van der Waals surface area contributed by atoms with Gasteiger partial charge in [-0.05, 0) is 12.0 Å². The van der Waals surface area contributed by atoms with Gasteiger partial charge in [-0.15, -0.1) is 23.2 Å². The number of carbonyl (C=O) groups is 1. The second-order valence-electron chi connectivity index (χ2n) is 4.58. The van der Waals surface area contributed by atoms with E-state index >= 15 is 0 Å². The zero-order valence-electron chi connectivity index (χ0n) is 11.1. The van der Waals surface area contributed by atoms with Crippen LogP contribution in [0.3, 0.4) is 0 Å². The van der Waals surface area contributed by atoms with Crippen LogP contribution in [-0.2, 0) is 16.1 Å². The Hall–Kier alpha value is -1.04. The first-order chi connectivity index (χ1) is 9.53. The minimum absolute atomic E-state index is 0.129. The predicted octanol–water partition coefficient (Wildman–Crippen LogP) is 1.92. The molecule has 1 aromatic heterocycles. The molecule has 1 unspecified atom stereocenters. The number of halogens is 2. The molecule has 1 atom stereocenters. The molecular weight excluding hydrogens is 303 g/mol.